The van der Waals surface area contributed by atoms with Crippen LogP contribution in [0.15, 0.2) is 23.7 Å². The van der Waals surface area contributed by atoms with Crippen molar-refractivity contribution in [1.29, 1.82) is 0 Å². The van der Waals surface area contributed by atoms with Gasteiger partial charge in [0.25, 0.3) is 0 Å². The molecule has 5 unspecified atom stereocenters. The summed E-state index contributed by atoms with van der Waals surface area (Å²) >= 11 is 0. The molecule has 3 heteroatoms. The fourth-order valence-electron chi connectivity index (χ4n) is 8.72. The second kappa shape index (κ2) is 7.24. The smallest absolute Gasteiger partial charge is 0.247 e. The maximum atomic E-state index is 4.55. The van der Waals surface area contributed by atoms with E-state index in [1.165, 1.54) is 56.0 Å². The van der Waals surface area contributed by atoms with E-state index in [1.54, 1.807) is 0 Å². The first-order valence-electron chi connectivity index (χ1n) is 12.9. The lowest BCUT2D eigenvalue weighted by atomic mass is 9.43. The summed E-state index contributed by atoms with van der Waals surface area (Å²) in [7, 11) is 2.48. The highest BCUT2D eigenvalue weighted by atomic mass is 15.2. The highest BCUT2D eigenvalue weighted by molar-refractivity contribution is 6.44. The van der Waals surface area contributed by atoms with Crippen LogP contribution in [0.4, 0.5) is 0 Å². The molecule has 7 atom stereocenters. The first-order chi connectivity index (χ1) is 14.2. The fraction of sp³-hybridized carbons (Fsp3) is 0.852. The highest BCUT2D eigenvalue weighted by Crippen LogP contribution is 2.69. The molecule has 2 nitrogen and oxygen atoms in total. The van der Waals surface area contributed by atoms with E-state index in [1.807, 2.05) is 0 Å². The Morgan fingerprint density at radius 2 is 1.83 bits per heavy atom. The van der Waals surface area contributed by atoms with Crippen molar-refractivity contribution in [2.75, 3.05) is 19.6 Å². The van der Waals surface area contributed by atoms with E-state index in [4.69, 9.17) is 0 Å². The molecule has 0 bridgehead atoms. The summed E-state index contributed by atoms with van der Waals surface area (Å²) in [4.78, 5) is 2.56. The number of hydrogen-bond donors (Lipinski definition) is 1. The lowest BCUT2D eigenvalue weighted by molar-refractivity contribution is -0.0913. The lowest BCUT2D eigenvalue weighted by Gasteiger charge is -2.60. The van der Waals surface area contributed by atoms with Gasteiger partial charge in [-0.3, -0.25) is 0 Å². The van der Waals surface area contributed by atoms with Crippen molar-refractivity contribution in [1.82, 2.24) is 10.1 Å². The molecule has 1 heterocycles. The van der Waals surface area contributed by atoms with Crippen LogP contribution in [-0.2, 0) is 0 Å². The number of nitrogens with zero attached hydrogens (tertiary/aromatic N) is 1. The predicted octanol–water partition coefficient (Wildman–Crippen LogP) is 5.63. The van der Waals surface area contributed by atoms with Gasteiger partial charge in [-0.15, -0.1) is 0 Å². The third-order valence-corrected chi connectivity index (χ3v) is 11.2. The summed E-state index contributed by atoms with van der Waals surface area (Å²) in [5.41, 5.74) is 4.30. The molecule has 1 N–H and O–H groups in total. The van der Waals surface area contributed by atoms with Gasteiger partial charge in [-0.05, 0) is 91.8 Å². The molecule has 165 valence electrons. The van der Waals surface area contributed by atoms with Crippen LogP contribution in [0, 0.1) is 39.9 Å². The van der Waals surface area contributed by atoms with Crippen molar-refractivity contribution in [3.05, 3.63) is 23.7 Å². The van der Waals surface area contributed by atoms with Crippen LogP contribution in [0.25, 0.3) is 0 Å². The third-order valence-electron chi connectivity index (χ3n) is 11.2. The van der Waals surface area contributed by atoms with E-state index in [0.29, 0.717) is 22.3 Å². The van der Waals surface area contributed by atoms with Crippen LogP contribution >= 0.6 is 0 Å². The van der Waals surface area contributed by atoms with E-state index in [9.17, 15) is 0 Å². The number of fused-ring (bicyclic) bond motifs is 5. The molecular weight excluding hydrogens is 363 g/mol. The van der Waals surface area contributed by atoms with Gasteiger partial charge in [0.05, 0.1) is 0 Å². The van der Waals surface area contributed by atoms with Crippen LogP contribution in [0.3, 0.4) is 0 Å². The highest BCUT2D eigenvalue weighted by Gasteiger charge is 2.61. The maximum absolute atomic E-state index is 4.55. The Kier molecular flexibility index (Phi) is 5.14. The molecule has 3 saturated carbocycles. The van der Waals surface area contributed by atoms with Crippen LogP contribution < -0.4 is 5.32 Å². The molecule has 1 saturated heterocycles. The summed E-state index contributed by atoms with van der Waals surface area (Å²) in [6.45, 7) is 20.6. The zero-order chi connectivity index (χ0) is 21.3. The Balaban J connectivity index is 1.43. The summed E-state index contributed by atoms with van der Waals surface area (Å²) in [6.07, 6.45) is 12.6. The van der Waals surface area contributed by atoms with Gasteiger partial charge in [0.2, 0.25) is 7.41 Å². The first kappa shape index (κ1) is 21.3. The molecule has 1 aliphatic heterocycles. The van der Waals surface area contributed by atoms with E-state index in [-0.39, 0.29) is 0 Å². The average Bonchev–Trinajstić information content (AvgIpc) is 2.94. The molecule has 0 aromatic rings. The van der Waals surface area contributed by atoms with Crippen molar-refractivity contribution in [2.24, 2.45) is 39.9 Å². The van der Waals surface area contributed by atoms with E-state index in [0.717, 1.165) is 43.3 Å². The number of rotatable bonds is 2. The molecule has 0 aromatic carbocycles. The number of nitrogens with one attached hydrogen (secondary N) is 1. The fourth-order valence-corrected chi connectivity index (χ4v) is 8.72. The van der Waals surface area contributed by atoms with Crippen molar-refractivity contribution < 1.29 is 0 Å². The van der Waals surface area contributed by atoms with E-state index >= 15 is 0 Å². The zero-order valence-corrected chi connectivity index (χ0v) is 20.3. The second-order valence-corrected chi connectivity index (χ2v) is 12.7. The predicted molar refractivity (Wildman–Crippen MR) is 128 cm³/mol. The molecule has 0 amide bonds. The van der Waals surface area contributed by atoms with Gasteiger partial charge < -0.3 is 10.1 Å². The number of allylic oxidation sites excluding steroid dienone is 3. The quantitative estimate of drug-likeness (QED) is 0.597. The zero-order valence-electron chi connectivity index (χ0n) is 20.3. The summed E-state index contributed by atoms with van der Waals surface area (Å²) in [5, 5.41) is 3.53. The normalized spacial score (nSPS) is 48.4. The Labute approximate surface area is 186 Å². The summed E-state index contributed by atoms with van der Waals surface area (Å²) in [5.74, 6) is 3.57. The van der Waals surface area contributed by atoms with Crippen molar-refractivity contribution in [2.45, 2.75) is 85.6 Å². The minimum absolute atomic E-state index is 0.362. The number of piperazine rings is 1. The Morgan fingerprint density at radius 3 is 2.60 bits per heavy atom. The van der Waals surface area contributed by atoms with Crippen LogP contribution in [0.2, 0.25) is 0 Å². The summed E-state index contributed by atoms with van der Waals surface area (Å²) < 4.78 is 0. The topological polar surface area (TPSA) is 15.3 Å². The second-order valence-electron chi connectivity index (χ2n) is 12.7. The standard InChI is InChI=1S/C27H44BN2/c1-18-15-20-7-8-21-22(10-12-27(6)23(21)9-11-25(27,3)4)26(20,5)16-24(18)28-30-14-13-29-17-19(30)2/h16,19-23,29H,1,7-15,17H2,2-6H3/t19?,20?,21?,22?,23?,26-,27-/m0/s1. The molecule has 5 aliphatic rings. The monoisotopic (exact) mass is 407 g/mol. The van der Waals surface area contributed by atoms with Gasteiger partial charge in [-0.1, -0.05) is 51.4 Å². The SMILES string of the molecule is C=C1CC2CCC3C(CC[C@@]4(C)C3CCC4(C)C)[C@@]2(C)C=C1[B]N1CCNCC1C. The van der Waals surface area contributed by atoms with Gasteiger partial charge in [0.1, 0.15) is 0 Å². The first-order valence-corrected chi connectivity index (χ1v) is 12.9. The van der Waals surface area contributed by atoms with E-state index < -0.39 is 0 Å². The molecule has 1 radical (unpaired) electrons. The largest absolute Gasteiger partial charge is 0.338 e. The van der Waals surface area contributed by atoms with Crippen molar-refractivity contribution in [3.63, 3.8) is 0 Å². The molecule has 4 aliphatic carbocycles. The molecule has 0 aromatic heterocycles. The Morgan fingerprint density at radius 1 is 1.07 bits per heavy atom. The van der Waals surface area contributed by atoms with Crippen LogP contribution in [0.5, 0.6) is 0 Å². The van der Waals surface area contributed by atoms with E-state index in [2.05, 4.69) is 64.8 Å². The molecule has 5 rings (SSSR count). The van der Waals surface area contributed by atoms with Gasteiger partial charge >= 0.3 is 0 Å². The van der Waals surface area contributed by atoms with Crippen molar-refractivity contribution in [3.8, 4) is 0 Å². The molecule has 4 fully saturated rings. The van der Waals surface area contributed by atoms with Gasteiger partial charge in [-0.2, -0.15) is 0 Å². The average molecular weight is 407 g/mol. The minimum atomic E-state index is 0.362. The Bertz CT molecular complexity index is 741. The van der Waals surface area contributed by atoms with Gasteiger partial charge in [0, 0.05) is 25.7 Å². The van der Waals surface area contributed by atoms with Gasteiger partial charge in [0.15, 0.2) is 0 Å². The van der Waals surface area contributed by atoms with Crippen LogP contribution in [0.1, 0.15) is 79.6 Å². The molecule has 30 heavy (non-hydrogen) atoms. The van der Waals surface area contributed by atoms with Gasteiger partial charge in [-0.25, -0.2) is 0 Å². The van der Waals surface area contributed by atoms with Crippen molar-refractivity contribution >= 4 is 7.41 Å². The minimum Gasteiger partial charge on any atom is -0.338 e. The molecule has 0 spiro atoms. The number of hydrogen-bond acceptors (Lipinski definition) is 2. The Hall–Kier alpha value is -0.535. The maximum Gasteiger partial charge on any atom is 0.247 e. The third kappa shape index (κ3) is 3.05. The lowest BCUT2D eigenvalue weighted by Crippen LogP contribution is -2.54. The molecular formula is C27H44BN2. The summed E-state index contributed by atoms with van der Waals surface area (Å²) in [6, 6.07) is 0.577. The van der Waals surface area contributed by atoms with Crippen LogP contribution in [-0.4, -0.2) is 37.9 Å².